The van der Waals surface area contributed by atoms with Crippen molar-refractivity contribution in [3.8, 4) is 22.3 Å². The molecular weight excluding hydrogens is 548 g/mol. The Morgan fingerprint density at radius 3 is 1.21 bits per heavy atom. The Bertz CT molecular complexity index is 1510. The van der Waals surface area contributed by atoms with Gasteiger partial charge >= 0.3 is 241 Å². The van der Waals surface area contributed by atoms with E-state index in [0.717, 1.165) is 0 Å². The van der Waals surface area contributed by atoms with E-state index in [4.69, 9.17) is 0 Å². The third-order valence-corrected chi connectivity index (χ3v) is 15.5. The van der Waals surface area contributed by atoms with Gasteiger partial charge in [-0.1, -0.05) is 0 Å². The van der Waals surface area contributed by atoms with Gasteiger partial charge < -0.3 is 0 Å². The normalized spacial score (nSPS) is 11.8. The number of hydrogen-bond acceptors (Lipinski definition) is 0. The van der Waals surface area contributed by atoms with Gasteiger partial charge in [0.2, 0.25) is 0 Å². The van der Waals surface area contributed by atoms with Crippen molar-refractivity contribution in [1.82, 2.24) is 0 Å². The molecule has 39 heavy (non-hydrogen) atoms. The van der Waals surface area contributed by atoms with Gasteiger partial charge in [-0.3, -0.25) is 0 Å². The maximum atomic E-state index is 2.36. The Balaban J connectivity index is 1.58. The molecule has 2 radical (unpaired) electrons. The molecule has 2 heteroatoms. The van der Waals surface area contributed by atoms with Gasteiger partial charge in [-0.15, -0.1) is 0 Å². The predicted molar refractivity (Wildman–Crippen MR) is 172 cm³/mol. The van der Waals surface area contributed by atoms with E-state index in [1.807, 2.05) is 0 Å². The van der Waals surface area contributed by atoms with Crippen molar-refractivity contribution in [2.75, 3.05) is 0 Å². The molecule has 0 saturated carbocycles. The summed E-state index contributed by atoms with van der Waals surface area (Å²) in [6, 6.07) is 62.6. The fourth-order valence-electron chi connectivity index (χ4n) is 5.27. The molecule has 0 aromatic heterocycles. The Labute approximate surface area is 239 Å². The van der Waals surface area contributed by atoms with Crippen LogP contribution in [0.4, 0.5) is 0 Å². The van der Waals surface area contributed by atoms with Crippen LogP contribution < -0.4 is 15.0 Å². The van der Waals surface area contributed by atoms with Gasteiger partial charge in [-0.05, 0) is 0 Å². The van der Waals surface area contributed by atoms with Crippen LogP contribution in [0.25, 0.3) is 22.3 Å². The molecule has 6 aromatic rings. The van der Waals surface area contributed by atoms with Crippen LogP contribution in [0.5, 0.6) is 0 Å². The van der Waals surface area contributed by atoms with E-state index < -0.39 is 23.4 Å². The minimum absolute atomic E-state index is 0.466. The van der Waals surface area contributed by atoms with Crippen molar-refractivity contribution in [2.24, 2.45) is 0 Å². The Morgan fingerprint density at radius 1 is 0.385 bits per heavy atom. The number of hydrogen-bond donors (Lipinski definition) is 0. The summed E-state index contributed by atoms with van der Waals surface area (Å²) in [6.07, 6.45) is 0. The van der Waals surface area contributed by atoms with Gasteiger partial charge in [-0.2, -0.15) is 0 Å². The third kappa shape index (κ3) is 5.83. The SMILES string of the molecule is c1ccc(-c2cccc(-c3ccccc3)[c]2[Ge][C@@H](c2ccccc2)[PH+](c2ccccc2)c2ccccc2)cc1. The molecule has 1 atom stereocenters. The molecule has 0 N–H and O–H groups in total. The molecular formula is C37H30GeP+. The van der Waals surface area contributed by atoms with Crippen LogP contribution in [0.15, 0.2) is 170 Å². The molecule has 0 spiro atoms. The van der Waals surface area contributed by atoms with Gasteiger partial charge in [0, 0.05) is 0 Å². The fraction of sp³-hybridized carbons (Fsp3) is 0.0270. The van der Waals surface area contributed by atoms with Crippen LogP contribution in [0.1, 0.15) is 10.1 Å². The standard InChI is InChI=1S/C37H29GeP/c1-6-17-29(18-7-1)34-27-16-28-35(30-19-8-2-9-20-30)36(34)38-37(31-21-10-3-11-22-31)39(32-23-12-4-13-24-32)33-25-14-5-15-26-33/h1-28,37H/p+1/t37-/m1/s1. The van der Waals surface area contributed by atoms with Crippen LogP contribution in [-0.2, 0) is 0 Å². The van der Waals surface area contributed by atoms with Gasteiger partial charge in [0.1, 0.15) is 0 Å². The van der Waals surface area contributed by atoms with Gasteiger partial charge in [0.05, 0.1) is 0 Å². The zero-order valence-electron chi connectivity index (χ0n) is 21.7. The van der Waals surface area contributed by atoms with Crippen molar-refractivity contribution < 1.29 is 0 Å². The van der Waals surface area contributed by atoms with Crippen molar-refractivity contribution >= 4 is 38.4 Å². The second-order valence-corrected chi connectivity index (χ2v) is 16.2. The second kappa shape index (κ2) is 12.4. The predicted octanol–water partition coefficient (Wildman–Crippen LogP) is 7.91. The van der Waals surface area contributed by atoms with E-state index in [1.165, 1.54) is 42.8 Å². The topological polar surface area (TPSA) is 0 Å². The third-order valence-electron chi connectivity index (χ3n) is 7.11. The van der Waals surface area contributed by atoms with Crippen LogP contribution in [0, 0.1) is 0 Å². The van der Waals surface area contributed by atoms with Crippen molar-refractivity contribution in [3.63, 3.8) is 0 Å². The summed E-state index contributed by atoms with van der Waals surface area (Å²) in [6.45, 7) is 0. The monoisotopic (exact) mass is 579 g/mol. The van der Waals surface area contributed by atoms with E-state index in [0.29, 0.717) is 4.49 Å². The van der Waals surface area contributed by atoms with E-state index in [2.05, 4.69) is 170 Å². The molecule has 0 fully saturated rings. The summed E-state index contributed by atoms with van der Waals surface area (Å²) >= 11 is -0.652. The molecule has 186 valence electrons. The van der Waals surface area contributed by atoms with Gasteiger partial charge in [0.25, 0.3) is 0 Å². The summed E-state index contributed by atoms with van der Waals surface area (Å²) < 4.78 is 2.01. The van der Waals surface area contributed by atoms with E-state index in [-0.39, 0.29) is 0 Å². The molecule has 0 aliphatic carbocycles. The van der Waals surface area contributed by atoms with E-state index >= 15 is 0 Å². The summed E-state index contributed by atoms with van der Waals surface area (Å²) in [7, 11) is -1.13. The zero-order valence-corrected chi connectivity index (χ0v) is 24.8. The van der Waals surface area contributed by atoms with Crippen LogP contribution in [-0.4, -0.2) is 15.4 Å². The molecule has 6 aromatic carbocycles. The Hall–Kier alpha value is -3.71. The minimum atomic E-state index is -1.13. The van der Waals surface area contributed by atoms with Crippen LogP contribution in [0.2, 0.25) is 0 Å². The summed E-state index contributed by atoms with van der Waals surface area (Å²) in [5, 5.41) is 2.95. The second-order valence-electron chi connectivity index (χ2n) is 9.59. The maximum absolute atomic E-state index is 2.36. The first kappa shape index (κ1) is 25.6. The first-order valence-electron chi connectivity index (χ1n) is 13.4. The fourth-order valence-corrected chi connectivity index (χ4v) is 14.8. The molecule has 6 rings (SSSR count). The average Bonchev–Trinajstić information content (AvgIpc) is 3.03. The Morgan fingerprint density at radius 2 is 0.769 bits per heavy atom. The average molecular weight is 578 g/mol. The summed E-state index contributed by atoms with van der Waals surface area (Å²) in [5.74, 6) is 0. The summed E-state index contributed by atoms with van der Waals surface area (Å²) in [5.41, 5.74) is 6.81. The first-order chi connectivity index (χ1) is 19.4. The van der Waals surface area contributed by atoms with Crippen molar-refractivity contribution in [1.29, 1.82) is 0 Å². The first-order valence-corrected chi connectivity index (χ1v) is 17.3. The van der Waals surface area contributed by atoms with E-state index in [1.54, 1.807) is 0 Å². The molecule has 0 aliphatic rings. The number of rotatable bonds is 8. The molecule has 0 amide bonds. The van der Waals surface area contributed by atoms with Crippen LogP contribution >= 0.6 is 7.92 Å². The van der Waals surface area contributed by atoms with Gasteiger partial charge in [-0.25, -0.2) is 0 Å². The van der Waals surface area contributed by atoms with Crippen LogP contribution in [0.3, 0.4) is 0 Å². The molecule has 0 saturated heterocycles. The van der Waals surface area contributed by atoms with Gasteiger partial charge in [0.15, 0.2) is 0 Å². The van der Waals surface area contributed by atoms with Crippen molar-refractivity contribution in [2.45, 2.75) is 4.49 Å². The molecule has 0 aliphatic heterocycles. The molecule has 0 bridgehead atoms. The zero-order chi connectivity index (χ0) is 26.3. The Kier molecular flexibility index (Phi) is 8.15. The molecule has 0 heterocycles. The number of benzene rings is 6. The van der Waals surface area contributed by atoms with E-state index in [9.17, 15) is 0 Å². The quantitative estimate of drug-likeness (QED) is 0.127. The van der Waals surface area contributed by atoms with Crippen molar-refractivity contribution in [3.05, 3.63) is 175 Å². The molecule has 0 unspecified atom stereocenters. The summed E-state index contributed by atoms with van der Waals surface area (Å²) in [4.78, 5) is 0. The molecule has 0 nitrogen and oxygen atoms in total.